The molecule has 2 aliphatic heterocycles. The Morgan fingerprint density at radius 1 is 1.29 bits per heavy atom. The number of aliphatic carboxylic acids is 1. The van der Waals surface area contributed by atoms with E-state index in [9.17, 15) is 9.90 Å². The SMILES string of the molecule is O=C(O)C1(N2CCC(Oc3ccccc3)C2)CCOCC1. The number of hydrogen-bond donors (Lipinski definition) is 1. The molecule has 0 bridgehead atoms. The Morgan fingerprint density at radius 2 is 2.00 bits per heavy atom. The summed E-state index contributed by atoms with van der Waals surface area (Å²) in [5, 5.41) is 9.69. The van der Waals surface area contributed by atoms with Gasteiger partial charge in [-0.3, -0.25) is 9.69 Å². The van der Waals surface area contributed by atoms with Crippen LogP contribution in [0.1, 0.15) is 19.3 Å². The molecular formula is C16H21NO4. The Kier molecular flexibility index (Phi) is 4.12. The first-order valence-corrected chi connectivity index (χ1v) is 7.49. The maximum Gasteiger partial charge on any atom is 0.324 e. The van der Waals surface area contributed by atoms with Gasteiger partial charge in [0, 0.05) is 26.3 Å². The molecule has 5 heteroatoms. The average molecular weight is 291 g/mol. The van der Waals surface area contributed by atoms with Gasteiger partial charge in [-0.2, -0.15) is 0 Å². The standard InChI is InChI=1S/C16H21NO4/c18-15(19)16(7-10-20-11-8-16)17-9-6-14(12-17)21-13-4-2-1-3-5-13/h1-5,14H,6-12H2,(H,18,19). The van der Waals surface area contributed by atoms with E-state index in [4.69, 9.17) is 9.47 Å². The van der Waals surface area contributed by atoms with E-state index in [1.807, 2.05) is 30.3 Å². The molecule has 0 spiro atoms. The summed E-state index contributed by atoms with van der Waals surface area (Å²) in [5.74, 6) is 0.117. The second-order valence-corrected chi connectivity index (χ2v) is 5.74. The van der Waals surface area contributed by atoms with Crippen molar-refractivity contribution in [3.63, 3.8) is 0 Å². The highest BCUT2D eigenvalue weighted by Gasteiger charge is 2.48. The third kappa shape index (κ3) is 2.89. The molecule has 2 fully saturated rings. The van der Waals surface area contributed by atoms with Crippen LogP contribution in [0.25, 0.3) is 0 Å². The van der Waals surface area contributed by atoms with Crippen molar-refractivity contribution in [2.45, 2.75) is 30.9 Å². The lowest BCUT2D eigenvalue weighted by atomic mass is 9.88. The maximum atomic E-state index is 11.8. The van der Waals surface area contributed by atoms with Crippen molar-refractivity contribution in [1.29, 1.82) is 0 Å². The number of carboxylic acid groups (broad SMARTS) is 1. The highest BCUT2D eigenvalue weighted by Crippen LogP contribution is 2.32. The van der Waals surface area contributed by atoms with E-state index in [-0.39, 0.29) is 6.10 Å². The molecule has 1 atom stereocenters. The number of nitrogens with zero attached hydrogens (tertiary/aromatic N) is 1. The van der Waals surface area contributed by atoms with E-state index in [1.165, 1.54) is 0 Å². The minimum Gasteiger partial charge on any atom is -0.489 e. The summed E-state index contributed by atoms with van der Waals surface area (Å²) < 4.78 is 11.3. The van der Waals surface area contributed by atoms with Gasteiger partial charge in [-0.25, -0.2) is 0 Å². The minimum absolute atomic E-state index is 0.0615. The molecule has 1 N–H and O–H groups in total. The van der Waals surface area contributed by atoms with Gasteiger partial charge < -0.3 is 14.6 Å². The lowest BCUT2D eigenvalue weighted by Crippen LogP contribution is -2.57. The molecule has 1 aromatic carbocycles. The molecule has 2 saturated heterocycles. The van der Waals surface area contributed by atoms with E-state index < -0.39 is 11.5 Å². The third-order valence-electron chi connectivity index (χ3n) is 4.51. The van der Waals surface area contributed by atoms with Crippen molar-refractivity contribution < 1.29 is 19.4 Å². The molecule has 21 heavy (non-hydrogen) atoms. The number of carboxylic acids is 1. The van der Waals surface area contributed by atoms with Gasteiger partial charge in [0.05, 0.1) is 0 Å². The molecule has 3 rings (SSSR count). The predicted octanol–water partition coefficient (Wildman–Crippen LogP) is 1.77. The Morgan fingerprint density at radius 3 is 2.67 bits per heavy atom. The Balaban J connectivity index is 1.66. The fourth-order valence-electron chi connectivity index (χ4n) is 3.28. The van der Waals surface area contributed by atoms with Gasteiger partial charge in [0.15, 0.2) is 0 Å². The average Bonchev–Trinajstić information content (AvgIpc) is 2.98. The van der Waals surface area contributed by atoms with Gasteiger partial charge in [0.2, 0.25) is 0 Å². The molecule has 0 aliphatic carbocycles. The summed E-state index contributed by atoms with van der Waals surface area (Å²) in [4.78, 5) is 13.9. The van der Waals surface area contributed by atoms with E-state index >= 15 is 0 Å². The second-order valence-electron chi connectivity index (χ2n) is 5.74. The number of ether oxygens (including phenoxy) is 2. The van der Waals surface area contributed by atoms with Crippen molar-refractivity contribution in [2.24, 2.45) is 0 Å². The third-order valence-corrected chi connectivity index (χ3v) is 4.51. The van der Waals surface area contributed by atoms with Crippen LogP contribution in [0.3, 0.4) is 0 Å². The topological polar surface area (TPSA) is 59.0 Å². The van der Waals surface area contributed by atoms with Gasteiger partial charge in [-0.1, -0.05) is 18.2 Å². The molecule has 1 aromatic rings. The zero-order valence-electron chi connectivity index (χ0n) is 12.0. The van der Waals surface area contributed by atoms with Gasteiger partial charge in [0.25, 0.3) is 0 Å². The van der Waals surface area contributed by atoms with E-state index in [0.717, 1.165) is 18.7 Å². The lowest BCUT2D eigenvalue weighted by Gasteiger charge is -2.40. The number of benzene rings is 1. The summed E-state index contributed by atoms with van der Waals surface area (Å²) in [5.41, 5.74) is -0.771. The van der Waals surface area contributed by atoms with Crippen molar-refractivity contribution >= 4 is 5.97 Å². The molecule has 5 nitrogen and oxygen atoms in total. The summed E-state index contributed by atoms with van der Waals surface area (Å²) in [7, 11) is 0. The van der Waals surface area contributed by atoms with Crippen molar-refractivity contribution in [2.75, 3.05) is 26.3 Å². The first-order chi connectivity index (χ1) is 10.2. The number of rotatable bonds is 4. The zero-order valence-corrected chi connectivity index (χ0v) is 12.0. The molecule has 2 heterocycles. The predicted molar refractivity (Wildman–Crippen MR) is 77.5 cm³/mol. The first-order valence-electron chi connectivity index (χ1n) is 7.49. The fraction of sp³-hybridized carbons (Fsp3) is 0.562. The zero-order chi connectivity index (χ0) is 14.7. The Bertz CT molecular complexity index is 484. The fourth-order valence-corrected chi connectivity index (χ4v) is 3.28. The van der Waals surface area contributed by atoms with E-state index in [1.54, 1.807) is 0 Å². The van der Waals surface area contributed by atoms with Crippen LogP contribution >= 0.6 is 0 Å². The van der Waals surface area contributed by atoms with Crippen LogP contribution < -0.4 is 4.74 Å². The number of likely N-dealkylation sites (tertiary alicyclic amines) is 1. The summed E-state index contributed by atoms with van der Waals surface area (Å²) in [6, 6.07) is 9.71. The number of hydrogen-bond acceptors (Lipinski definition) is 4. The van der Waals surface area contributed by atoms with Gasteiger partial charge >= 0.3 is 5.97 Å². The molecule has 0 saturated carbocycles. The molecule has 1 unspecified atom stereocenters. The van der Waals surface area contributed by atoms with Crippen molar-refractivity contribution in [3.8, 4) is 5.75 Å². The van der Waals surface area contributed by atoms with Gasteiger partial charge in [-0.15, -0.1) is 0 Å². The normalized spacial score (nSPS) is 25.6. The van der Waals surface area contributed by atoms with E-state index in [0.29, 0.717) is 32.6 Å². The van der Waals surface area contributed by atoms with Crippen LogP contribution in [0.4, 0.5) is 0 Å². The smallest absolute Gasteiger partial charge is 0.324 e. The van der Waals surface area contributed by atoms with Gasteiger partial charge in [-0.05, 0) is 31.4 Å². The summed E-state index contributed by atoms with van der Waals surface area (Å²) >= 11 is 0. The highest BCUT2D eigenvalue weighted by atomic mass is 16.5. The first kappa shape index (κ1) is 14.4. The number of carbonyl (C=O) groups is 1. The van der Waals surface area contributed by atoms with Crippen LogP contribution in [0.5, 0.6) is 5.75 Å². The Labute approximate surface area is 124 Å². The van der Waals surface area contributed by atoms with Crippen LogP contribution in [-0.4, -0.2) is 53.9 Å². The van der Waals surface area contributed by atoms with E-state index in [2.05, 4.69) is 4.90 Å². The van der Waals surface area contributed by atoms with Gasteiger partial charge in [0.1, 0.15) is 17.4 Å². The largest absolute Gasteiger partial charge is 0.489 e. The Hall–Kier alpha value is -1.59. The molecule has 2 aliphatic rings. The van der Waals surface area contributed by atoms with Crippen LogP contribution in [-0.2, 0) is 9.53 Å². The minimum atomic E-state index is -0.771. The lowest BCUT2D eigenvalue weighted by molar-refractivity contribution is -0.158. The number of para-hydroxylation sites is 1. The van der Waals surface area contributed by atoms with Crippen LogP contribution in [0, 0.1) is 0 Å². The summed E-state index contributed by atoms with van der Waals surface area (Å²) in [6.45, 7) is 2.48. The summed E-state index contributed by atoms with van der Waals surface area (Å²) in [6.07, 6.45) is 2.04. The van der Waals surface area contributed by atoms with Crippen LogP contribution in [0.2, 0.25) is 0 Å². The maximum absolute atomic E-state index is 11.8. The quantitative estimate of drug-likeness (QED) is 0.916. The molecule has 0 amide bonds. The monoisotopic (exact) mass is 291 g/mol. The van der Waals surface area contributed by atoms with Crippen LogP contribution in [0.15, 0.2) is 30.3 Å². The van der Waals surface area contributed by atoms with Crippen molar-refractivity contribution in [3.05, 3.63) is 30.3 Å². The second kappa shape index (κ2) is 6.03. The molecular weight excluding hydrogens is 270 g/mol. The molecule has 114 valence electrons. The molecule has 0 radical (unpaired) electrons. The van der Waals surface area contributed by atoms with Crippen molar-refractivity contribution in [1.82, 2.24) is 4.90 Å². The highest BCUT2D eigenvalue weighted by molar-refractivity contribution is 5.79. The molecule has 0 aromatic heterocycles.